The zero-order valence-electron chi connectivity index (χ0n) is 10.5. The predicted octanol–water partition coefficient (Wildman–Crippen LogP) is 3.49. The maximum atomic E-state index is 6.44. The van der Waals surface area contributed by atoms with E-state index < -0.39 is 0 Å². The molecule has 1 aliphatic rings. The Kier molecular flexibility index (Phi) is 3.16. The minimum Gasteiger partial charge on any atom is -0.324 e. The summed E-state index contributed by atoms with van der Waals surface area (Å²) in [6, 6.07) is 19.5. The van der Waals surface area contributed by atoms with Crippen LogP contribution < -0.4 is 5.73 Å². The highest BCUT2D eigenvalue weighted by Crippen LogP contribution is 2.34. The van der Waals surface area contributed by atoms with Crippen LogP contribution in [0.1, 0.15) is 29.2 Å². The molecule has 0 saturated carbocycles. The monoisotopic (exact) mass is 237 g/mol. The molecule has 1 nitrogen and oxygen atoms in total. The highest BCUT2D eigenvalue weighted by atomic mass is 14.7. The molecule has 2 aromatic rings. The zero-order chi connectivity index (χ0) is 12.4. The van der Waals surface area contributed by atoms with Crippen LogP contribution in [-0.4, -0.2) is 0 Å². The Morgan fingerprint density at radius 3 is 2.50 bits per heavy atom. The van der Waals surface area contributed by atoms with Gasteiger partial charge in [0.25, 0.3) is 0 Å². The van der Waals surface area contributed by atoms with Crippen molar-refractivity contribution in [1.82, 2.24) is 0 Å². The molecule has 2 atom stereocenters. The van der Waals surface area contributed by atoms with E-state index in [0.717, 1.165) is 6.42 Å². The van der Waals surface area contributed by atoms with E-state index in [0.29, 0.717) is 5.92 Å². The van der Waals surface area contributed by atoms with Crippen molar-refractivity contribution in [2.24, 2.45) is 11.7 Å². The van der Waals surface area contributed by atoms with E-state index in [1.807, 2.05) is 0 Å². The topological polar surface area (TPSA) is 26.0 Å². The van der Waals surface area contributed by atoms with E-state index in [4.69, 9.17) is 5.73 Å². The summed E-state index contributed by atoms with van der Waals surface area (Å²) in [6.07, 6.45) is 3.46. The molecule has 0 aliphatic heterocycles. The largest absolute Gasteiger partial charge is 0.324 e. The number of fused-ring (bicyclic) bond motifs is 1. The lowest BCUT2D eigenvalue weighted by Crippen LogP contribution is -2.28. The Balaban J connectivity index is 1.81. The van der Waals surface area contributed by atoms with Crippen molar-refractivity contribution >= 4 is 0 Å². The van der Waals surface area contributed by atoms with E-state index >= 15 is 0 Å². The second-order valence-corrected chi connectivity index (χ2v) is 5.21. The Morgan fingerprint density at radius 1 is 0.944 bits per heavy atom. The fourth-order valence-electron chi connectivity index (χ4n) is 3.01. The third-order valence-electron chi connectivity index (χ3n) is 4.05. The van der Waals surface area contributed by atoms with Gasteiger partial charge in [0, 0.05) is 6.04 Å². The van der Waals surface area contributed by atoms with Crippen LogP contribution in [0.2, 0.25) is 0 Å². The SMILES string of the molecule is N[C@H]1c2ccccc2CC[C@@H]1Cc1ccccc1. The maximum Gasteiger partial charge on any atom is 0.0329 e. The summed E-state index contributed by atoms with van der Waals surface area (Å²) >= 11 is 0. The van der Waals surface area contributed by atoms with Crippen molar-refractivity contribution in [3.8, 4) is 0 Å². The highest BCUT2D eigenvalue weighted by Gasteiger charge is 2.26. The van der Waals surface area contributed by atoms with E-state index in [1.165, 1.54) is 29.5 Å². The molecule has 0 saturated heterocycles. The average molecular weight is 237 g/mol. The second-order valence-electron chi connectivity index (χ2n) is 5.21. The molecule has 2 aromatic carbocycles. The van der Waals surface area contributed by atoms with Crippen LogP contribution in [0.25, 0.3) is 0 Å². The van der Waals surface area contributed by atoms with Gasteiger partial charge >= 0.3 is 0 Å². The van der Waals surface area contributed by atoms with Crippen molar-refractivity contribution in [3.05, 3.63) is 71.3 Å². The fourth-order valence-corrected chi connectivity index (χ4v) is 3.01. The Morgan fingerprint density at radius 2 is 1.67 bits per heavy atom. The van der Waals surface area contributed by atoms with Gasteiger partial charge in [0.05, 0.1) is 0 Å². The molecule has 2 N–H and O–H groups in total. The first kappa shape index (κ1) is 11.5. The van der Waals surface area contributed by atoms with Gasteiger partial charge in [-0.3, -0.25) is 0 Å². The van der Waals surface area contributed by atoms with Gasteiger partial charge in [-0.25, -0.2) is 0 Å². The summed E-state index contributed by atoms with van der Waals surface area (Å²) < 4.78 is 0. The van der Waals surface area contributed by atoms with Gasteiger partial charge in [-0.05, 0) is 41.9 Å². The van der Waals surface area contributed by atoms with Crippen LogP contribution in [0, 0.1) is 5.92 Å². The fraction of sp³-hybridized carbons (Fsp3) is 0.294. The lowest BCUT2D eigenvalue weighted by Gasteiger charge is -2.31. The van der Waals surface area contributed by atoms with Gasteiger partial charge < -0.3 is 5.73 Å². The second kappa shape index (κ2) is 4.95. The summed E-state index contributed by atoms with van der Waals surface area (Å²) in [5.41, 5.74) is 10.6. The molecule has 0 fully saturated rings. The molecule has 3 rings (SSSR count). The molecule has 0 amide bonds. The molecule has 0 unspecified atom stereocenters. The van der Waals surface area contributed by atoms with Crippen LogP contribution in [0.3, 0.4) is 0 Å². The van der Waals surface area contributed by atoms with Crippen molar-refractivity contribution in [3.63, 3.8) is 0 Å². The predicted molar refractivity (Wildman–Crippen MR) is 75.3 cm³/mol. The van der Waals surface area contributed by atoms with Crippen molar-refractivity contribution in [2.75, 3.05) is 0 Å². The summed E-state index contributed by atoms with van der Waals surface area (Å²) in [5, 5.41) is 0. The molecule has 1 heteroatoms. The lowest BCUT2D eigenvalue weighted by atomic mass is 9.77. The maximum absolute atomic E-state index is 6.44. The van der Waals surface area contributed by atoms with Gasteiger partial charge in [0.15, 0.2) is 0 Å². The lowest BCUT2D eigenvalue weighted by molar-refractivity contribution is 0.376. The number of aryl methyl sites for hydroxylation is 1. The van der Waals surface area contributed by atoms with E-state index in [2.05, 4.69) is 54.6 Å². The molecule has 92 valence electrons. The molecule has 0 aromatic heterocycles. The molecule has 0 bridgehead atoms. The molecule has 0 heterocycles. The van der Waals surface area contributed by atoms with Gasteiger partial charge in [-0.2, -0.15) is 0 Å². The van der Waals surface area contributed by atoms with Gasteiger partial charge in [-0.15, -0.1) is 0 Å². The summed E-state index contributed by atoms with van der Waals surface area (Å²) in [6.45, 7) is 0. The Bertz CT molecular complexity index is 518. The van der Waals surface area contributed by atoms with E-state index in [1.54, 1.807) is 0 Å². The molecule has 0 spiro atoms. The van der Waals surface area contributed by atoms with Gasteiger partial charge in [0.2, 0.25) is 0 Å². The van der Waals surface area contributed by atoms with Crippen LogP contribution >= 0.6 is 0 Å². The van der Waals surface area contributed by atoms with Crippen LogP contribution in [-0.2, 0) is 12.8 Å². The quantitative estimate of drug-likeness (QED) is 0.850. The first-order chi connectivity index (χ1) is 8.84. The standard InChI is InChI=1S/C17H19N/c18-17-15(12-13-6-2-1-3-7-13)11-10-14-8-4-5-9-16(14)17/h1-9,15,17H,10-12,18H2/t15-,17-/m1/s1. The molecule has 18 heavy (non-hydrogen) atoms. The molecular weight excluding hydrogens is 218 g/mol. The average Bonchev–Trinajstić information content (AvgIpc) is 2.43. The summed E-state index contributed by atoms with van der Waals surface area (Å²) in [4.78, 5) is 0. The minimum absolute atomic E-state index is 0.190. The zero-order valence-corrected chi connectivity index (χ0v) is 10.5. The minimum atomic E-state index is 0.190. The van der Waals surface area contributed by atoms with Crippen molar-refractivity contribution in [2.45, 2.75) is 25.3 Å². The van der Waals surface area contributed by atoms with Gasteiger partial charge in [0.1, 0.15) is 0 Å². The van der Waals surface area contributed by atoms with Crippen LogP contribution in [0.15, 0.2) is 54.6 Å². The number of hydrogen-bond donors (Lipinski definition) is 1. The number of hydrogen-bond acceptors (Lipinski definition) is 1. The van der Waals surface area contributed by atoms with Crippen LogP contribution in [0.4, 0.5) is 0 Å². The number of benzene rings is 2. The molecule has 0 radical (unpaired) electrons. The van der Waals surface area contributed by atoms with Crippen molar-refractivity contribution < 1.29 is 0 Å². The number of rotatable bonds is 2. The van der Waals surface area contributed by atoms with Crippen molar-refractivity contribution in [1.29, 1.82) is 0 Å². The Hall–Kier alpha value is -1.60. The van der Waals surface area contributed by atoms with E-state index in [9.17, 15) is 0 Å². The highest BCUT2D eigenvalue weighted by molar-refractivity contribution is 5.33. The third kappa shape index (κ3) is 2.19. The molecule has 1 aliphatic carbocycles. The third-order valence-corrected chi connectivity index (χ3v) is 4.05. The van der Waals surface area contributed by atoms with E-state index in [-0.39, 0.29) is 6.04 Å². The summed E-state index contributed by atoms with van der Waals surface area (Å²) in [7, 11) is 0. The normalized spacial score (nSPS) is 22.5. The van der Waals surface area contributed by atoms with Gasteiger partial charge in [-0.1, -0.05) is 54.6 Å². The Labute approximate surface area is 109 Å². The molecular formula is C17H19N. The number of nitrogens with two attached hydrogens (primary N) is 1. The summed E-state index contributed by atoms with van der Waals surface area (Å²) in [5.74, 6) is 0.572. The first-order valence-corrected chi connectivity index (χ1v) is 6.72. The smallest absolute Gasteiger partial charge is 0.0329 e. The van der Waals surface area contributed by atoms with Crippen LogP contribution in [0.5, 0.6) is 0 Å². The first-order valence-electron chi connectivity index (χ1n) is 6.72.